The first-order valence-corrected chi connectivity index (χ1v) is 11.8. The van der Waals surface area contributed by atoms with Crippen LogP contribution in [0.25, 0.3) is 0 Å². The summed E-state index contributed by atoms with van der Waals surface area (Å²) in [7, 11) is -3.95. The number of sulfone groups is 1. The summed E-state index contributed by atoms with van der Waals surface area (Å²) in [6.07, 6.45) is 1.36. The molecule has 2 fully saturated rings. The van der Waals surface area contributed by atoms with Gasteiger partial charge in [0.2, 0.25) is 5.91 Å². The molecular formula is C24H23NO6S. The molecule has 1 amide bonds. The summed E-state index contributed by atoms with van der Waals surface area (Å²) in [5, 5.41) is -1.10. The number of β-lactam (4-membered cyclic amide) rings is 1. The van der Waals surface area contributed by atoms with Crippen LogP contribution < -0.4 is 0 Å². The number of amides is 1. The fraction of sp³-hybridized carbons (Fsp3) is 0.292. The number of nitrogens with zero attached hydrogens (tertiary/aromatic N) is 1. The highest BCUT2D eigenvalue weighted by Crippen LogP contribution is 2.47. The molecule has 2 aliphatic rings. The van der Waals surface area contributed by atoms with Crippen molar-refractivity contribution in [3.63, 3.8) is 0 Å². The van der Waals surface area contributed by atoms with Crippen molar-refractivity contribution in [2.24, 2.45) is 0 Å². The van der Waals surface area contributed by atoms with Gasteiger partial charge in [0.15, 0.2) is 27.8 Å². The SMILES string of the molecule is CC(=O)C=C[C@@]1(C)[C@H](C(=O)OC(c2ccccc2)c2ccccc2)N2C(=O)C[C@H]2S1(=O)=O. The number of rotatable bonds is 6. The molecule has 7 nitrogen and oxygen atoms in total. The Hall–Kier alpha value is -3.26. The van der Waals surface area contributed by atoms with E-state index in [1.807, 2.05) is 60.7 Å². The maximum absolute atomic E-state index is 13.5. The van der Waals surface area contributed by atoms with Gasteiger partial charge in [-0.15, -0.1) is 0 Å². The summed E-state index contributed by atoms with van der Waals surface area (Å²) in [5.41, 5.74) is 1.42. The van der Waals surface area contributed by atoms with Crippen molar-refractivity contribution < 1.29 is 27.5 Å². The molecule has 2 saturated heterocycles. The lowest BCUT2D eigenvalue weighted by Gasteiger charge is -2.36. The molecule has 0 spiro atoms. The first kappa shape index (κ1) is 22.0. The first-order chi connectivity index (χ1) is 15.2. The Labute approximate surface area is 186 Å². The first-order valence-electron chi connectivity index (χ1n) is 10.2. The summed E-state index contributed by atoms with van der Waals surface area (Å²) >= 11 is 0. The summed E-state index contributed by atoms with van der Waals surface area (Å²) in [6.45, 7) is 2.65. The number of esters is 1. The third-order valence-electron chi connectivity index (χ3n) is 6.05. The highest BCUT2D eigenvalue weighted by Gasteiger charge is 2.69. The Morgan fingerprint density at radius 3 is 2.06 bits per heavy atom. The van der Waals surface area contributed by atoms with Crippen LogP contribution in [0.1, 0.15) is 37.5 Å². The molecule has 0 N–H and O–H groups in total. The minimum Gasteiger partial charge on any atom is -0.451 e. The second-order valence-electron chi connectivity index (χ2n) is 8.17. The van der Waals surface area contributed by atoms with Gasteiger partial charge in [-0.1, -0.05) is 66.7 Å². The van der Waals surface area contributed by atoms with E-state index in [1.54, 1.807) is 0 Å². The molecule has 0 bridgehead atoms. The summed E-state index contributed by atoms with van der Waals surface area (Å²) < 4.78 is 30.5. The molecule has 166 valence electrons. The molecule has 4 rings (SSSR count). The third-order valence-corrected chi connectivity index (χ3v) is 8.75. The van der Waals surface area contributed by atoms with E-state index in [0.717, 1.165) is 11.0 Å². The highest BCUT2D eigenvalue weighted by molar-refractivity contribution is 7.94. The number of hydrogen-bond donors (Lipinski definition) is 0. The van der Waals surface area contributed by atoms with E-state index in [1.165, 1.54) is 19.9 Å². The van der Waals surface area contributed by atoms with Crippen molar-refractivity contribution in [3.8, 4) is 0 Å². The zero-order chi connectivity index (χ0) is 23.1. The number of fused-ring (bicyclic) bond motifs is 1. The summed E-state index contributed by atoms with van der Waals surface area (Å²) in [5.74, 6) is -1.63. The van der Waals surface area contributed by atoms with Crippen LogP contribution in [0, 0.1) is 0 Å². The largest absolute Gasteiger partial charge is 0.451 e. The Bertz CT molecular complexity index is 1150. The third kappa shape index (κ3) is 3.44. The van der Waals surface area contributed by atoms with Crippen LogP contribution in [-0.4, -0.2) is 47.1 Å². The quantitative estimate of drug-likeness (QED) is 0.379. The molecule has 0 aliphatic carbocycles. The molecule has 0 aromatic heterocycles. The van der Waals surface area contributed by atoms with Gasteiger partial charge >= 0.3 is 5.97 Å². The van der Waals surface area contributed by atoms with Gasteiger partial charge in [0.25, 0.3) is 0 Å². The molecule has 32 heavy (non-hydrogen) atoms. The second kappa shape index (κ2) is 8.02. The Morgan fingerprint density at radius 2 is 1.59 bits per heavy atom. The van der Waals surface area contributed by atoms with E-state index in [2.05, 4.69) is 0 Å². The highest BCUT2D eigenvalue weighted by atomic mass is 32.2. The van der Waals surface area contributed by atoms with Gasteiger partial charge in [-0.25, -0.2) is 13.2 Å². The molecule has 3 atom stereocenters. The fourth-order valence-corrected chi connectivity index (χ4v) is 6.54. The topological polar surface area (TPSA) is 97.8 Å². The number of ketones is 1. The minimum absolute atomic E-state index is 0.184. The Morgan fingerprint density at radius 1 is 1.06 bits per heavy atom. The van der Waals surface area contributed by atoms with Gasteiger partial charge in [-0.2, -0.15) is 0 Å². The second-order valence-corrected chi connectivity index (χ2v) is 10.7. The number of allylic oxidation sites excluding steroid dienone is 1. The molecule has 2 heterocycles. The van der Waals surface area contributed by atoms with Crippen LogP contribution in [0.5, 0.6) is 0 Å². The van der Waals surface area contributed by atoms with E-state index in [9.17, 15) is 22.8 Å². The zero-order valence-corrected chi connectivity index (χ0v) is 18.5. The van der Waals surface area contributed by atoms with E-state index < -0.39 is 44.0 Å². The minimum atomic E-state index is -3.95. The molecule has 2 aromatic rings. The molecule has 0 saturated carbocycles. The maximum atomic E-state index is 13.5. The van der Waals surface area contributed by atoms with Crippen molar-refractivity contribution >= 4 is 27.5 Å². The van der Waals surface area contributed by atoms with E-state index in [-0.39, 0.29) is 12.2 Å². The molecule has 8 heteroatoms. The van der Waals surface area contributed by atoms with Crippen LogP contribution >= 0.6 is 0 Å². The van der Waals surface area contributed by atoms with Gasteiger partial charge in [0.05, 0.1) is 6.42 Å². The normalized spacial score (nSPS) is 26.1. The van der Waals surface area contributed by atoms with Crippen molar-refractivity contribution in [2.45, 2.75) is 42.5 Å². The average molecular weight is 454 g/mol. The van der Waals surface area contributed by atoms with Crippen molar-refractivity contribution in [1.82, 2.24) is 4.90 Å². The van der Waals surface area contributed by atoms with Crippen molar-refractivity contribution in [3.05, 3.63) is 83.9 Å². The molecule has 2 aromatic carbocycles. The number of carbonyl (C=O) groups excluding carboxylic acids is 3. The van der Waals surface area contributed by atoms with Crippen LogP contribution in [0.15, 0.2) is 72.8 Å². The fourth-order valence-electron chi connectivity index (χ4n) is 4.28. The number of carbonyl (C=O) groups is 3. The summed E-state index contributed by atoms with van der Waals surface area (Å²) in [4.78, 5) is 38.4. The molecular weight excluding hydrogens is 430 g/mol. The van der Waals surface area contributed by atoms with Crippen LogP contribution in [-0.2, 0) is 29.0 Å². The monoisotopic (exact) mass is 453 g/mol. The summed E-state index contributed by atoms with van der Waals surface area (Å²) in [6, 6.07) is 16.8. The van der Waals surface area contributed by atoms with Gasteiger partial charge < -0.3 is 9.64 Å². The van der Waals surface area contributed by atoms with E-state index >= 15 is 0 Å². The average Bonchev–Trinajstić information content (AvgIpc) is 2.92. The van der Waals surface area contributed by atoms with Crippen molar-refractivity contribution in [2.75, 3.05) is 0 Å². The molecule has 2 aliphatic heterocycles. The molecule has 0 unspecified atom stereocenters. The van der Waals surface area contributed by atoms with Crippen LogP contribution in [0.2, 0.25) is 0 Å². The lowest BCUT2D eigenvalue weighted by Crippen LogP contribution is -2.57. The van der Waals surface area contributed by atoms with Crippen LogP contribution in [0.3, 0.4) is 0 Å². The zero-order valence-electron chi connectivity index (χ0n) is 17.7. The van der Waals surface area contributed by atoms with E-state index in [0.29, 0.717) is 11.1 Å². The Kier molecular flexibility index (Phi) is 5.50. The van der Waals surface area contributed by atoms with Gasteiger partial charge in [-0.05, 0) is 31.1 Å². The Balaban J connectivity index is 1.75. The predicted molar refractivity (Wildman–Crippen MR) is 117 cm³/mol. The van der Waals surface area contributed by atoms with E-state index in [4.69, 9.17) is 4.74 Å². The van der Waals surface area contributed by atoms with Gasteiger partial charge in [-0.3, -0.25) is 9.59 Å². The standard InChI is InChI=1S/C24H23NO6S/c1-16(26)13-14-24(2)22(25-19(27)15-20(25)32(24,29)30)23(28)31-21(17-9-5-3-6-10-17)18-11-7-4-8-12-18/h3-14,20-22H,15H2,1-2H3/t20-,22+,24+/m1/s1. The van der Waals surface area contributed by atoms with Crippen molar-refractivity contribution in [1.29, 1.82) is 0 Å². The van der Waals surface area contributed by atoms with Crippen LogP contribution in [0.4, 0.5) is 0 Å². The maximum Gasteiger partial charge on any atom is 0.331 e. The predicted octanol–water partition coefficient (Wildman–Crippen LogP) is 2.58. The number of hydrogen-bond acceptors (Lipinski definition) is 6. The number of benzene rings is 2. The van der Waals surface area contributed by atoms with Gasteiger partial charge in [0.1, 0.15) is 10.1 Å². The van der Waals surface area contributed by atoms with Gasteiger partial charge in [0, 0.05) is 0 Å². The molecule has 0 radical (unpaired) electrons. The lowest BCUT2D eigenvalue weighted by molar-refractivity contribution is -0.163. The number of ether oxygens (including phenoxy) is 1. The smallest absolute Gasteiger partial charge is 0.331 e. The lowest BCUT2D eigenvalue weighted by atomic mass is 9.95.